The van der Waals surface area contributed by atoms with E-state index in [4.69, 9.17) is 0 Å². The Hall–Kier alpha value is -2.95. The maximum absolute atomic E-state index is 4.67. The molecule has 1 atom stereocenters. The van der Waals surface area contributed by atoms with E-state index in [0.29, 0.717) is 5.92 Å². The molecular weight excluding hydrogens is 322 g/mol. The van der Waals surface area contributed by atoms with Crippen molar-refractivity contribution in [1.82, 2.24) is 19.5 Å². The van der Waals surface area contributed by atoms with Crippen LogP contribution >= 0.6 is 0 Å². The van der Waals surface area contributed by atoms with Crippen molar-refractivity contribution in [1.29, 1.82) is 0 Å². The first kappa shape index (κ1) is 16.5. The quantitative estimate of drug-likeness (QED) is 0.706. The molecule has 0 aliphatic carbocycles. The van der Waals surface area contributed by atoms with Crippen LogP contribution < -0.4 is 4.90 Å². The third-order valence-electron chi connectivity index (χ3n) is 4.94. The van der Waals surface area contributed by atoms with Gasteiger partial charge in [-0.05, 0) is 42.2 Å². The van der Waals surface area contributed by atoms with Crippen molar-refractivity contribution in [3.05, 3.63) is 78.8 Å². The van der Waals surface area contributed by atoms with Gasteiger partial charge in [-0.25, -0.2) is 9.97 Å². The summed E-state index contributed by atoms with van der Waals surface area (Å²) in [6.07, 6.45) is 13.7. The lowest BCUT2D eigenvalue weighted by Crippen LogP contribution is -2.36. The maximum atomic E-state index is 4.67. The summed E-state index contributed by atoms with van der Waals surface area (Å²) in [4.78, 5) is 15.9. The molecule has 0 saturated carbocycles. The predicted molar refractivity (Wildman–Crippen MR) is 104 cm³/mol. The zero-order valence-electron chi connectivity index (χ0n) is 14.8. The molecule has 5 nitrogen and oxygen atoms in total. The van der Waals surface area contributed by atoms with Gasteiger partial charge in [-0.3, -0.25) is 4.98 Å². The summed E-state index contributed by atoms with van der Waals surface area (Å²) < 4.78 is 2.25. The molecule has 4 rings (SSSR count). The van der Waals surface area contributed by atoms with E-state index in [2.05, 4.69) is 55.4 Å². The van der Waals surface area contributed by atoms with E-state index in [1.165, 1.54) is 5.56 Å². The number of imidazole rings is 1. The minimum Gasteiger partial charge on any atom is -0.356 e. The van der Waals surface area contributed by atoms with Crippen LogP contribution in [0.1, 0.15) is 35.7 Å². The first-order valence-electron chi connectivity index (χ1n) is 9.07. The van der Waals surface area contributed by atoms with Crippen LogP contribution in [0, 0.1) is 0 Å². The van der Waals surface area contributed by atoms with Gasteiger partial charge in [0, 0.05) is 50.0 Å². The summed E-state index contributed by atoms with van der Waals surface area (Å²) in [5.41, 5.74) is 2.25. The van der Waals surface area contributed by atoms with Gasteiger partial charge in [0.25, 0.3) is 0 Å². The molecule has 0 N–H and O–H groups in total. The summed E-state index contributed by atoms with van der Waals surface area (Å²) >= 11 is 0. The van der Waals surface area contributed by atoms with E-state index in [0.717, 1.165) is 49.7 Å². The molecule has 0 bridgehead atoms. The van der Waals surface area contributed by atoms with E-state index in [1.54, 1.807) is 0 Å². The highest BCUT2D eigenvalue weighted by Crippen LogP contribution is 2.28. The lowest BCUT2D eigenvalue weighted by atomic mass is 9.97. The molecule has 0 radical (unpaired) electrons. The standard InChI is InChI=1S/C21H23N5/c1-2-17-7-8-20(24-14-17)25-11-4-6-19(16-25)21-23-10-12-26(21)15-18-5-3-9-22-13-18/h2-3,5,7-10,12-14,19H,1,4,6,11,15-16H2/t19-/m0/s1. The van der Waals surface area contributed by atoms with Crippen LogP contribution in [0.5, 0.6) is 0 Å². The fraction of sp³-hybridized carbons (Fsp3) is 0.286. The zero-order chi connectivity index (χ0) is 17.8. The highest BCUT2D eigenvalue weighted by molar-refractivity contribution is 5.50. The van der Waals surface area contributed by atoms with Gasteiger partial charge in [-0.2, -0.15) is 0 Å². The molecule has 3 aromatic heterocycles. The monoisotopic (exact) mass is 345 g/mol. The van der Waals surface area contributed by atoms with Gasteiger partial charge in [0.05, 0.1) is 6.54 Å². The van der Waals surface area contributed by atoms with E-state index in [-0.39, 0.29) is 0 Å². The molecule has 0 spiro atoms. The molecule has 5 heteroatoms. The normalized spacial score (nSPS) is 17.2. The summed E-state index contributed by atoms with van der Waals surface area (Å²) in [6, 6.07) is 8.24. The fourth-order valence-electron chi connectivity index (χ4n) is 3.60. The van der Waals surface area contributed by atoms with Crippen LogP contribution in [-0.2, 0) is 6.54 Å². The molecule has 0 aromatic carbocycles. The average Bonchev–Trinajstić information content (AvgIpc) is 3.17. The lowest BCUT2D eigenvalue weighted by molar-refractivity contribution is 0.474. The fourth-order valence-corrected chi connectivity index (χ4v) is 3.60. The van der Waals surface area contributed by atoms with Crippen molar-refractivity contribution in [3.63, 3.8) is 0 Å². The molecular formula is C21H23N5. The Bertz CT molecular complexity index is 854. The van der Waals surface area contributed by atoms with Crippen LogP contribution in [-0.4, -0.2) is 32.6 Å². The zero-order valence-corrected chi connectivity index (χ0v) is 14.8. The first-order chi connectivity index (χ1) is 12.8. The second-order valence-corrected chi connectivity index (χ2v) is 6.71. The number of nitrogens with zero attached hydrogens (tertiary/aromatic N) is 5. The second-order valence-electron chi connectivity index (χ2n) is 6.71. The number of anilines is 1. The Morgan fingerprint density at radius 3 is 2.88 bits per heavy atom. The number of hydrogen-bond acceptors (Lipinski definition) is 4. The molecule has 1 fully saturated rings. The number of aromatic nitrogens is 4. The molecule has 3 aromatic rings. The molecule has 1 aliphatic heterocycles. The van der Waals surface area contributed by atoms with E-state index in [9.17, 15) is 0 Å². The predicted octanol–water partition coefficient (Wildman–Crippen LogP) is 3.75. The van der Waals surface area contributed by atoms with Gasteiger partial charge in [0.2, 0.25) is 0 Å². The Kier molecular flexibility index (Phi) is 4.78. The van der Waals surface area contributed by atoms with Crippen molar-refractivity contribution in [2.24, 2.45) is 0 Å². The van der Waals surface area contributed by atoms with Crippen molar-refractivity contribution in [3.8, 4) is 0 Å². The van der Waals surface area contributed by atoms with Gasteiger partial charge in [-0.15, -0.1) is 0 Å². The van der Waals surface area contributed by atoms with Gasteiger partial charge in [0.15, 0.2) is 0 Å². The highest BCUT2D eigenvalue weighted by atomic mass is 15.2. The smallest absolute Gasteiger partial charge is 0.128 e. The minimum atomic E-state index is 0.413. The summed E-state index contributed by atoms with van der Waals surface area (Å²) in [5, 5.41) is 0. The molecule has 4 heterocycles. The van der Waals surface area contributed by atoms with Crippen molar-refractivity contribution >= 4 is 11.9 Å². The summed E-state index contributed by atoms with van der Waals surface area (Å²) in [7, 11) is 0. The van der Waals surface area contributed by atoms with Crippen molar-refractivity contribution in [2.45, 2.75) is 25.3 Å². The Morgan fingerprint density at radius 1 is 1.15 bits per heavy atom. The summed E-state index contributed by atoms with van der Waals surface area (Å²) in [6.45, 7) is 6.60. The van der Waals surface area contributed by atoms with Gasteiger partial charge in [0.1, 0.15) is 11.6 Å². The van der Waals surface area contributed by atoms with E-state index < -0.39 is 0 Å². The van der Waals surface area contributed by atoms with Crippen molar-refractivity contribution in [2.75, 3.05) is 18.0 Å². The Morgan fingerprint density at radius 2 is 2.12 bits per heavy atom. The van der Waals surface area contributed by atoms with Gasteiger partial charge >= 0.3 is 0 Å². The van der Waals surface area contributed by atoms with E-state index in [1.807, 2.05) is 36.9 Å². The number of rotatable bonds is 5. The second kappa shape index (κ2) is 7.52. The van der Waals surface area contributed by atoms with Crippen LogP contribution in [0.25, 0.3) is 6.08 Å². The molecule has 132 valence electrons. The number of piperidine rings is 1. The highest BCUT2D eigenvalue weighted by Gasteiger charge is 2.25. The topological polar surface area (TPSA) is 46.8 Å². The number of pyridine rings is 2. The third-order valence-corrected chi connectivity index (χ3v) is 4.94. The van der Waals surface area contributed by atoms with Crippen LogP contribution in [0.3, 0.4) is 0 Å². The van der Waals surface area contributed by atoms with Crippen molar-refractivity contribution < 1.29 is 0 Å². The summed E-state index contributed by atoms with van der Waals surface area (Å²) in [5.74, 6) is 2.60. The first-order valence-corrected chi connectivity index (χ1v) is 9.07. The van der Waals surface area contributed by atoms with Gasteiger partial charge in [-0.1, -0.05) is 18.7 Å². The Balaban J connectivity index is 1.51. The minimum absolute atomic E-state index is 0.413. The number of hydrogen-bond donors (Lipinski definition) is 0. The average molecular weight is 345 g/mol. The largest absolute Gasteiger partial charge is 0.356 e. The Labute approximate surface area is 154 Å². The molecule has 0 unspecified atom stereocenters. The molecule has 26 heavy (non-hydrogen) atoms. The maximum Gasteiger partial charge on any atom is 0.128 e. The van der Waals surface area contributed by atoms with Crippen LogP contribution in [0.4, 0.5) is 5.82 Å². The molecule has 1 saturated heterocycles. The molecule has 1 aliphatic rings. The SMILES string of the molecule is C=Cc1ccc(N2CCC[C@H](c3nccn3Cc3cccnc3)C2)nc1. The third kappa shape index (κ3) is 3.52. The lowest BCUT2D eigenvalue weighted by Gasteiger charge is -2.33. The van der Waals surface area contributed by atoms with Crippen LogP contribution in [0.15, 0.2) is 61.8 Å². The van der Waals surface area contributed by atoms with Gasteiger partial charge < -0.3 is 9.47 Å². The van der Waals surface area contributed by atoms with E-state index >= 15 is 0 Å². The molecule has 0 amide bonds. The van der Waals surface area contributed by atoms with Crippen LogP contribution in [0.2, 0.25) is 0 Å².